The Kier molecular flexibility index (Phi) is 12.8. The van der Waals surface area contributed by atoms with Gasteiger partial charge in [-0.2, -0.15) is 4.79 Å². The summed E-state index contributed by atoms with van der Waals surface area (Å²) in [5.41, 5.74) is 7.99. The fourth-order valence-electron chi connectivity index (χ4n) is 7.09. The van der Waals surface area contributed by atoms with Crippen LogP contribution in [0.25, 0.3) is 16.4 Å². The number of carbonyl (C=O) groups excluding carboxylic acids is 5. The summed E-state index contributed by atoms with van der Waals surface area (Å²) in [5, 5.41) is 6.04. The Morgan fingerprint density at radius 1 is 1.11 bits per heavy atom. The molecule has 0 spiro atoms. The van der Waals surface area contributed by atoms with Crippen molar-refractivity contribution in [2.45, 2.75) is 108 Å². The monoisotopic (exact) mass is 732 g/mol. The molecule has 1 saturated heterocycles. The van der Waals surface area contributed by atoms with Gasteiger partial charge >= 0.3 is 18.3 Å². The van der Waals surface area contributed by atoms with Gasteiger partial charge < -0.3 is 40.0 Å². The predicted molar refractivity (Wildman–Crippen MR) is 192 cm³/mol. The summed E-state index contributed by atoms with van der Waals surface area (Å²) in [6, 6.07) is 4.28. The van der Waals surface area contributed by atoms with Crippen molar-refractivity contribution in [2.24, 2.45) is 5.92 Å². The predicted octanol–water partition coefficient (Wildman–Crippen LogP) is 4.32. The Morgan fingerprint density at radius 3 is 2.58 bits per heavy atom. The van der Waals surface area contributed by atoms with Crippen LogP contribution < -0.4 is 20.1 Å². The van der Waals surface area contributed by atoms with Crippen molar-refractivity contribution in [3.63, 3.8) is 0 Å². The lowest BCUT2D eigenvalue weighted by Gasteiger charge is -2.28. The van der Waals surface area contributed by atoms with Crippen LogP contribution in [0.5, 0.6) is 11.5 Å². The molecule has 284 valence electrons. The fraction of sp³-hybridized carbons (Fsp3) is 0.553. The highest BCUT2D eigenvalue weighted by molar-refractivity contribution is 6.33. The number of methoxy groups -OCH3 is 2. The zero-order chi connectivity index (χ0) is 38.1. The maximum absolute atomic E-state index is 14.2. The first-order valence-electron chi connectivity index (χ1n) is 18.2. The molecular formula is C38H48N6O9. The van der Waals surface area contributed by atoms with Gasteiger partial charge in [0, 0.05) is 29.9 Å². The standard InChI is InChI=1S/C38H48N6O9/c1-5-6-7-8-9-12-24-20-38(24,36(48)51-4)43-34(46)31-18-27(22-44(31)35(47)23(2)41-37(49)53-25-13-10-11-14-25)52-33-19-30(32(45)21-40-39)42-29-17-26(50-3)15-16-28(29)33/h9,12,15-17,19,21,23-25,27,31H,5-8,10-11,13-14,18,20,22H2,1-4H3,(H,41,49)(H,43,46)/b12-9-/t23-,24?,27+,31-,38+/m0/s1. The minimum Gasteiger partial charge on any atom is -0.497 e. The molecule has 2 heterocycles. The number of benzene rings is 1. The fourth-order valence-corrected chi connectivity index (χ4v) is 7.09. The summed E-state index contributed by atoms with van der Waals surface area (Å²) in [7, 11) is 2.76. The normalized spacial score (nSPS) is 22.9. The molecule has 3 fully saturated rings. The van der Waals surface area contributed by atoms with E-state index in [1.54, 1.807) is 18.2 Å². The van der Waals surface area contributed by atoms with E-state index in [2.05, 4.69) is 27.3 Å². The molecule has 5 atom stereocenters. The highest BCUT2D eigenvalue weighted by Crippen LogP contribution is 2.46. The molecule has 3 amide bonds. The first-order chi connectivity index (χ1) is 25.5. The Labute approximate surface area is 308 Å². The number of nitrogens with zero attached hydrogens (tertiary/aromatic N) is 4. The average molecular weight is 733 g/mol. The van der Waals surface area contributed by atoms with Crippen molar-refractivity contribution in [1.82, 2.24) is 20.5 Å². The molecule has 1 aliphatic heterocycles. The number of hydrogen-bond donors (Lipinski definition) is 2. The highest BCUT2D eigenvalue weighted by Gasteiger charge is 2.62. The molecule has 2 aliphatic carbocycles. The Morgan fingerprint density at radius 2 is 1.89 bits per heavy atom. The van der Waals surface area contributed by atoms with Gasteiger partial charge in [-0.25, -0.2) is 14.6 Å². The molecule has 5 rings (SSSR count). The number of esters is 1. The van der Waals surface area contributed by atoms with Gasteiger partial charge in [-0.15, -0.1) is 0 Å². The third kappa shape index (κ3) is 9.20. The van der Waals surface area contributed by atoms with Gasteiger partial charge in [0.05, 0.1) is 26.3 Å². The molecule has 2 saturated carbocycles. The number of nitrogens with one attached hydrogen (secondary N) is 2. The van der Waals surface area contributed by atoms with Crippen LogP contribution in [-0.2, 0) is 23.9 Å². The van der Waals surface area contributed by atoms with Gasteiger partial charge in [-0.3, -0.25) is 14.4 Å². The van der Waals surface area contributed by atoms with Gasteiger partial charge in [0.15, 0.2) is 0 Å². The van der Waals surface area contributed by atoms with Crippen LogP contribution in [0.2, 0.25) is 0 Å². The quantitative estimate of drug-likeness (QED) is 0.0477. The van der Waals surface area contributed by atoms with Crippen molar-refractivity contribution in [1.29, 1.82) is 0 Å². The second-order valence-electron chi connectivity index (χ2n) is 13.8. The molecule has 3 aliphatic rings. The zero-order valence-electron chi connectivity index (χ0n) is 30.7. The summed E-state index contributed by atoms with van der Waals surface area (Å²) < 4.78 is 22.4. The second-order valence-corrected chi connectivity index (χ2v) is 13.8. The molecule has 1 aromatic carbocycles. The number of hydrogen-bond acceptors (Lipinski definition) is 10. The van der Waals surface area contributed by atoms with Crippen LogP contribution in [0.15, 0.2) is 36.4 Å². The van der Waals surface area contributed by atoms with Crippen LogP contribution in [0.4, 0.5) is 4.79 Å². The van der Waals surface area contributed by atoms with E-state index in [-0.39, 0.29) is 36.4 Å². The number of fused-ring (bicyclic) bond motifs is 1. The Bertz CT molecular complexity index is 1790. The molecule has 2 aromatic rings. The molecule has 53 heavy (non-hydrogen) atoms. The molecule has 2 N–H and O–H groups in total. The molecule has 15 nitrogen and oxygen atoms in total. The third-order valence-corrected chi connectivity index (χ3v) is 10.1. The number of unbranched alkanes of at least 4 members (excludes halogenated alkanes) is 3. The minimum absolute atomic E-state index is 0.0208. The van der Waals surface area contributed by atoms with Crippen LogP contribution in [0.1, 0.15) is 88.5 Å². The number of Topliss-reactive ketones (excluding diaryl/α,β-unsaturated/α-hetero) is 1. The van der Waals surface area contributed by atoms with Gasteiger partial charge in [0.2, 0.25) is 11.8 Å². The topological polar surface area (TPSA) is 199 Å². The van der Waals surface area contributed by atoms with E-state index >= 15 is 0 Å². The lowest BCUT2D eigenvalue weighted by Crippen LogP contribution is -2.56. The number of alkyl carbamates (subject to hydrolysis) is 1. The Balaban J connectivity index is 1.40. The number of amides is 3. The summed E-state index contributed by atoms with van der Waals surface area (Å²) in [6.07, 6.45) is 10.8. The second kappa shape index (κ2) is 17.5. The lowest BCUT2D eigenvalue weighted by atomic mass is 10.1. The number of carbonyl (C=O) groups is 5. The number of pyridine rings is 1. The van der Waals surface area contributed by atoms with E-state index in [9.17, 15) is 24.0 Å². The largest absolute Gasteiger partial charge is 0.497 e. The zero-order valence-corrected chi connectivity index (χ0v) is 30.7. The maximum Gasteiger partial charge on any atom is 0.408 e. The average Bonchev–Trinajstić information content (AvgIpc) is 3.42. The van der Waals surface area contributed by atoms with Gasteiger partial charge in [0.25, 0.3) is 5.78 Å². The van der Waals surface area contributed by atoms with E-state index in [1.165, 1.54) is 32.1 Å². The van der Waals surface area contributed by atoms with Crippen LogP contribution in [-0.4, -0.2) is 101 Å². The first kappa shape index (κ1) is 38.9. The molecule has 15 heteroatoms. The number of aromatic nitrogens is 1. The van der Waals surface area contributed by atoms with Crippen molar-refractivity contribution in [3.8, 4) is 11.5 Å². The van der Waals surface area contributed by atoms with E-state index in [1.807, 2.05) is 12.2 Å². The van der Waals surface area contributed by atoms with Crippen LogP contribution in [0.3, 0.4) is 0 Å². The number of allylic oxidation sites excluding steroid dienone is 1. The van der Waals surface area contributed by atoms with Crippen molar-refractivity contribution in [3.05, 3.63) is 47.6 Å². The summed E-state index contributed by atoms with van der Waals surface area (Å²) >= 11 is 0. The molecule has 0 radical (unpaired) electrons. The summed E-state index contributed by atoms with van der Waals surface area (Å²) in [5.74, 6) is -1.94. The lowest BCUT2D eigenvalue weighted by molar-refractivity contribution is -0.148. The SMILES string of the molecule is CCCCC/C=C\C1C[C@]1(NC(=O)[C@@H]1C[C@@H](Oc2cc(C(=O)C=[N+]=[N-])nc3cc(OC)ccc23)CN1C(=O)[C@H](C)NC(=O)OC1CCCC1)C(=O)OC. The summed E-state index contributed by atoms with van der Waals surface area (Å²) in [6.45, 7) is 3.58. The Hall–Kier alpha value is -5.30. The molecule has 0 bridgehead atoms. The smallest absolute Gasteiger partial charge is 0.408 e. The molecule has 1 aromatic heterocycles. The van der Waals surface area contributed by atoms with Crippen molar-refractivity contribution in [2.75, 3.05) is 20.8 Å². The van der Waals surface area contributed by atoms with Gasteiger partial charge in [0.1, 0.15) is 47.0 Å². The number of rotatable bonds is 16. The van der Waals surface area contributed by atoms with Crippen molar-refractivity contribution >= 4 is 46.8 Å². The van der Waals surface area contributed by atoms with E-state index < -0.39 is 53.4 Å². The summed E-state index contributed by atoms with van der Waals surface area (Å²) in [4.78, 5) is 75.2. The van der Waals surface area contributed by atoms with E-state index in [0.717, 1.165) is 51.4 Å². The number of likely N-dealkylation sites (tertiary alicyclic amines) is 1. The minimum atomic E-state index is -1.28. The number of ketones is 1. The van der Waals surface area contributed by atoms with Crippen LogP contribution >= 0.6 is 0 Å². The van der Waals surface area contributed by atoms with Crippen LogP contribution in [0, 0.1) is 5.92 Å². The third-order valence-electron chi connectivity index (χ3n) is 10.1. The number of ether oxygens (including phenoxy) is 4. The van der Waals surface area contributed by atoms with E-state index in [0.29, 0.717) is 29.3 Å². The molecule has 1 unspecified atom stereocenters. The molecular weight excluding hydrogens is 684 g/mol. The maximum atomic E-state index is 14.2. The highest BCUT2D eigenvalue weighted by atomic mass is 16.6. The van der Waals surface area contributed by atoms with Crippen molar-refractivity contribution < 1.29 is 47.7 Å². The first-order valence-corrected chi connectivity index (χ1v) is 18.2. The van der Waals surface area contributed by atoms with Gasteiger partial charge in [-0.05, 0) is 64.0 Å². The van der Waals surface area contributed by atoms with E-state index in [4.69, 9.17) is 24.5 Å². The van der Waals surface area contributed by atoms with Gasteiger partial charge in [-0.1, -0.05) is 31.9 Å².